The molecular formula is C25H28N2O. The third kappa shape index (κ3) is 7.22. The van der Waals surface area contributed by atoms with Crippen molar-refractivity contribution < 1.29 is 4.79 Å². The predicted octanol–water partition coefficient (Wildman–Crippen LogP) is 6.41. The number of anilines is 2. The summed E-state index contributed by atoms with van der Waals surface area (Å²) in [6, 6.07) is 14.9. The fourth-order valence-electron chi connectivity index (χ4n) is 2.52. The molecule has 0 aliphatic carbocycles. The highest BCUT2D eigenvalue weighted by molar-refractivity contribution is 6.01. The summed E-state index contributed by atoms with van der Waals surface area (Å²) in [7, 11) is 0. The van der Waals surface area contributed by atoms with Gasteiger partial charge in [0, 0.05) is 24.0 Å². The number of rotatable bonds is 6. The molecule has 2 aromatic rings. The minimum Gasteiger partial charge on any atom is -0.306 e. The molecule has 0 unspecified atom stereocenters. The molecule has 0 saturated carbocycles. The molecule has 0 spiro atoms. The van der Waals surface area contributed by atoms with Gasteiger partial charge in [0.15, 0.2) is 0 Å². The second-order valence-corrected chi connectivity index (χ2v) is 6.48. The maximum atomic E-state index is 12.5. The minimum absolute atomic E-state index is 0.300. The molecule has 0 aliphatic heterocycles. The molecule has 2 aromatic carbocycles. The van der Waals surface area contributed by atoms with Gasteiger partial charge in [0.25, 0.3) is 0 Å². The first-order chi connectivity index (χ1) is 13.7. The van der Waals surface area contributed by atoms with Crippen LogP contribution in [0.25, 0.3) is 0 Å². The number of carbonyl (C=O) groups is 1. The molecule has 3 nitrogen and oxygen atoms in total. The van der Waals surface area contributed by atoms with Gasteiger partial charge in [0.2, 0.25) is 0 Å². The lowest BCUT2D eigenvalue weighted by molar-refractivity contribution is 0.262. The van der Waals surface area contributed by atoms with Gasteiger partial charge < -0.3 is 10.6 Å². The molecular weight excluding hydrogens is 344 g/mol. The molecule has 0 aliphatic rings. The number of para-hydroxylation sites is 2. The van der Waals surface area contributed by atoms with Crippen LogP contribution in [-0.2, 0) is 0 Å². The molecule has 0 aromatic heterocycles. The summed E-state index contributed by atoms with van der Waals surface area (Å²) in [6.45, 7) is 4.29. The van der Waals surface area contributed by atoms with E-state index in [-0.39, 0.29) is 6.03 Å². The van der Waals surface area contributed by atoms with Crippen molar-refractivity contribution >= 4 is 17.4 Å². The summed E-state index contributed by atoms with van der Waals surface area (Å²) < 4.78 is 0. The maximum Gasteiger partial charge on any atom is 0.323 e. The van der Waals surface area contributed by atoms with E-state index in [1.165, 1.54) is 0 Å². The first kappa shape index (κ1) is 21.1. The molecule has 28 heavy (non-hydrogen) atoms. The van der Waals surface area contributed by atoms with Gasteiger partial charge in [-0.3, -0.25) is 0 Å². The van der Waals surface area contributed by atoms with E-state index in [1.807, 2.05) is 48.5 Å². The Morgan fingerprint density at radius 3 is 1.61 bits per heavy atom. The summed E-state index contributed by atoms with van der Waals surface area (Å²) in [5.41, 5.74) is 3.05. The van der Waals surface area contributed by atoms with Crippen molar-refractivity contribution in [2.75, 3.05) is 10.6 Å². The van der Waals surface area contributed by atoms with E-state index in [1.54, 1.807) is 0 Å². The van der Waals surface area contributed by atoms with E-state index < -0.39 is 0 Å². The van der Waals surface area contributed by atoms with Gasteiger partial charge in [-0.2, -0.15) is 0 Å². The molecule has 0 bridgehead atoms. The van der Waals surface area contributed by atoms with Crippen LogP contribution in [0.15, 0.2) is 48.5 Å². The van der Waals surface area contributed by atoms with Crippen molar-refractivity contribution in [3.63, 3.8) is 0 Å². The number of unbranched alkanes of at least 4 members (excludes halogenated alkanes) is 4. The molecule has 3 heteroatoms. The lowest BCUT2D eigenvalue weighted by Gasteiger charge is -2.10. The molecule has 2 rings (SSSR count). The van der Waals surface area contributed by atoms with Crippen LogP contribution < -0.4 is 10.6 Å². The summed E-state index contributed by atoms with van der Waals surface area (Å²) in [5, 5.41) is 5.81. The Morgan fingerprint density at radius 1 is 0.750 bits per heavy atom. The summed E-state index contributed by atoms with van der Waals surface area (Å²) in [6.07, 6.45) is 6.13. The Kier molecular flexibility index (Phi) is 9.25. The van der Waals surface area contributed by atoms with E-state index in [9.17, 15) is 4.79 Å². The minimum atomic E-state index is -0.300. The number of carbonyl (C=O) groups excluding carboxylic acids is 1. The van der Waals surface area contributed by atoms with Crippen molar-refractivity contribution in [3.05, 3.63) is 59.7 Å². The fourth-order valence-corrected chi connectivity index (χ4v) is 2.52. The maximum absolute atomic E-state index is 12.5. The molecule has 2 amide bonds. The van der Waals surface area contributed by atoms with Gasteiger partial charge in [0.05, 0.1) is 11.4 Å². The van der Waals surface area contributed by atoms with Crippen molar-refractivity contribution in [2.45, 2.75) is 52.4 Å². The average molecular weight is 373 g/mol. The summed E-state index contributed by atoms with van der Waals surface area (Å²) in [4.78, 5) is 12.5. The monoisotopic (exact) mass is 372 g/mol. The Morgan fingerprint density at radius 2 is 1.18 bits per heavy atom. The quantitative estimate of drug-likeness (QED) is 0.446. The molecule has 0 heterocycles. The molecule has 0 radical (unpaired) electrons. The predicted molar refractivity (Wildman–Crippen MR) is 118 cm³/mol. The van der Waals surface area contributed by atoms with E-state index in [2.05, 4.69) is 48.2 Å². The first-order valence-electron chi connectivity index (χ1n) is 9.98. The fraction of sp³-hybridized carbons (Fsp3) is 0.320. The van der Waals surface area contributed by atoms with Gasteiger partial charge >= 0.3 is 6.03 Å². The van der Waals surface area contributed by atoms with E-state index in [0.717, 1.165) is 49.7 Å². The highest BCUT2D eigenvalue weighted by Gasteiger charge is 2.07. The Bertz CT molecular complexity index is 820. The van der Waals surface area contributed by atoms with Crippen molar-refractivity contribution in [1.29, 1.82) is 0 Å². The molecule has 2 N–H and O–H groups in total. The smallest absolute Gasteiger partial charge is 0.306 e. The zero-order valence-electron chi connectivity index (χ0n) is 16.8. The van der Waals surface area contributed by atoms with Gasteiger partial charge in [-0.25, -0.2) is 4.79 Å². The lowest BCUT2D eigenvalue weighted by atomic mass is 10.1. The van der Waals surface area contributed by atoms with Crippen LogP contribution in [-0.4, -0.2) is 6.03 Å². The average Bonchev–Trinajstić information content (AvgIpc) is 2.71. The number of hydrogen-bond donors (Lipinski definition) is 2. The number of amides is 2. The topological polar surface area (TPSA) is 41.1 Å². The van der Waals surface area contributed by atoms with Gasteiger partial charge in [-0.1, -0.05) is 74.6 Å². The lowest BCUT2D eigenvalue weighted by Crippen LogP contribution is -2.20. The number of benzene rings is 2. The summed E-state index contributed by atoms with van der Waals surface area (Å²) in [5.74, 6) is 12.6. The van der Waals surface area contributed by atoms with E-state index >= 15 is 0 Å². The van der Waals surface area contributed by atoms with Crippen molar-refractivity contribution in [2.24, 2.45) is 0 Å². The van der Waals surface area contributed by atoms with Crippen LogP contribution in [0.1, 0.15) is 63.5 Å². The Hall–Kier alpha value is -3.17. The third-order valence-electron chi connectivity index (χ3n) is 4.11. The van der Waals surface area contributed by atoms with Gasteiger partial charge in [-0.05, 0) is 37.1 Å². The third-order valence-corrected chi connectivity index (χ3v) is 4.11. The van der Waals surface area contributed by atoms with Crippen LogP contribution in [0.2, 0.25) is 0 Å². The standard InChI is InChI=1S/C25H28N2O/c1-3-5-7-9-15-21-17-11-13-19-23(21)26-25(28)27-24-20-14-12-18-22(24)16-10-8-6-4-2/h11-14,17-20H,3-8H2,1-2H3,(H2,26,27,28). The van der Waals surface area contributed by atoms with Crippen molar-refractivity contribution in [3.8, 4) is 23.7 Å². The highest BCUT2D eigenvalue weighted by atomic mass is 16.2. The van der Waals surface area contributed by atoms with Crippen molar-refractivity contribution in [1.82, 2.24) is 0 Å². The number of nitrogens with one attached hydrogen (secondary N) is 2. The second-order valence-electron chi connectivity index (χ2n) is 6.48. The largest absolute Gasteiger partial charge is 0.323 e. The highest BCUT2D eigenvalue weighted by Crippen LogP contribution is 2.17. The first-order valence-corrected chi connectivity index (χ1v) is 9.98. The van der Waals surface area contributed by atoms with Crippen LogP contribution in [0.3, 0.4) is 0 Å². The molecule has 0 saturated heterocycles. The van der Waals surface area contributed by atoms with E-state index in [4.69, 9.17) is 0 Å². The van der Waals surface area contributed by atoms with Crippen LogP contribution in [0.5, 0.6) is 0 Å². The Labute approximate surface area is 168 Å². The normalized spacial score (nSPS) is 9.50. The molecule has 0 atom stereocenters. The second kappa shape index (κ2) is 12.3. The van der Waals surface area contributed by atoms with Crippen LogP contribution in [0.4, 0.5) is 16.2 Å². The van der Waals surface area contributed by atoms with E-state index in [0.29, 0.717) is 11.4 Å². The van der Waals surface area contributed by atoms with Crippen LogP contribution >= 0.6 is 0 Å². The zero-order valence-corrected chi connectivity index (χ0v) is 16.8. The number of urea groups is 1. The van der Waals surface area contributed by atoms with Crippen LogP contribution in [0, 0.1) is 23.7 Å². The molecule has 144 valence electrons. The summed E-state index contributed by atoms with van der Waals surface area (Å²) >= 11 is 0. The Balaban J connectivity index is 2.07. The van der Waals surface area contributed by atoms with Gasteiger partial charge in [-0.15, -0.1) is 0 Å². The zero-order chi connectivity index (χ0) is 20.0. The SMILES string of the molecule is CCCCC#Cc1ccccc1NC(=O)Nc1ccccc1C#CCCCC. The van der Waals surface area contributed by atoms with Gasteiger partial charge in [0.1, 0.15) is 0 Å². The number of hydrogen-bond acceptors (Lipinski definition) is 1. The molecule has 0 fully saturated rings.